The Kier molecular flexibility index (Phi) is 1.58. The molecule has 0 bridgehead atoms. The highest BCUT2D eigenvalue weighted by atomic mass is 35.5. The lowest BCUT2D eigenvalue weighted by Gasteiger charge is -2.13. The number of nitrogens with two attached hydrogens (primary N) is 1. The maximum Gasteiger partial charge on any atom is 0.147 e. The van der Waals surface area contributed by atoms with Gasteiger partial charge in [0.25, 0.3) is 0 Å². The summed E-state index contributed by atoms with van der Waals surface area (Å²) in [5.74, 6) is 0.491. The van der Waals surface area contributed by atoms with Crippen LogP contribution in [0.5, 0.6) is 0 Å². The van der Waals surface area contributed by atoms with Gasteiger partial charge in [-0.15, -0.1) is 0 Å². The SMILES string of the molecule is CC1(n2c(Cl)cc3c(N)ncnc32)CC1. The second-order valence-corrected chi connectivity index (χ2v) is 4.68. The Morgan fingerprint density at radius 1 is 1.47 bits per heavy atom. The van der Waals surface area contributed by atoms with Gasteiger partial charge >= 0.3 is 0 Å². The molecule has 2 aromatic rings. The standard InChI is InChI=1S/C10H11ClN4/c1-10(2-3-10)15-7(11)4-6-8(12)13-5-14-9(6)15/h4-5H,2-3H2,1H3,(H2,12,13,14). The van der Waals surface area contributed by atoms with Gasteiger partial charge in [-0.2, -0.15) is 0 Å². The van der Waals surface area contributed by atoms with Gasteiger partial charge in [0.15, 0.2) is 0 Å². The van der Waals surface area contributed by atoms with Crippen LogP contribution in [0, 0.1) is 0 Å². The van der Waals surface area contributed by atoms with Crippen molar-refractivity contribution in [2.75, 3.05) is 5.73 Å². The molecule has 3 rings (SSSR count). The third kappa shape index (κ3) is 1.14. The van der Waals surface area contributed by atoms with E-state index in [1.807, 2.05) is 6.07 Å². The highest BCUT2D eigenvalue weighted by Gasteiger charge is 2.41. The Morgan fingerprint density at radius 2 is 2.20 bits per heavy atom. The first-order chi connectivity index (χ1) is 7.12. The number of hydrogen-bond donors (Lipinski definition) is 1. The number of halogens is 1. The molecule has 78 valence electrons. The second-order valence-electron chi connectivity index (χ2n) is 4.30. The van der Waals surface area contributed by atoms with Gasteiger partial charge in [0.1, 0.15) is 22.9 Å². The van der Waals surface area contributed by atoms with E-state index < -0.39 is 0 Å². The zero-order chi connectivity index (χ0) is 10.6. The van der Waals surface area contributed by atoms with E-state index in [0.29, 0.717) is 11.0 Å². The molecule has 0 atom stereocenters. The molecule has 2 N–H and O–H groups in total. The fraction of sp³-hybridized carbons (Fsp3) is 0.400. The monoisotopic (exact) mass is 222 g/mol. The maximum absolute atomic E-state index is 6.20. The molecular weight excluding hydrogens is 212 g/mol. The molecule has 0 saturated heterocycles. The highest BCUT2D eigenvalue weighted by molar-refractivity contribution is 6.31. The smallest absolute Gasteiger partial charge is 0.147 e. The summed E-state index contributed by atoms with van der Waals surface area (Å²) in [4.78, 5) is 8.22. The molecule has 5 heteroatoms. The normalized spacial score (nSPS) is 18.3. The van der Waals surface area contributed by atoms with Crippen molar-refractivity contribution in [3.8, 4) is 0 Å². The second kappa shape index (κ2) is 2.64. The number of fused-ring (bicyclic) bond motifs is 1. The van der Waals surface area contributed by atoms with Gasteiger partial charge in [0.05, 0.1) is 5.39 Å². The van der Waals surface area contributed by atoms with Gasteiger partial charge < -0.3 is 10.3 Å². The summed E-state index contributed by atoms with van der Waals surface area (Å²) in [5.41, 5.74) is 6.74. The maximum atomic E-state index is 6.20. The zero-order valence-electron chi connectivity index (χ0n) is 8.37. The van der Waals surface area contributed by atoms with Gasteiger partial charge in [0, 0.05) is 5.54 Å². The Labute approximate surface area is 92.1 Å². The number of rotatable bonds is 1. The predicted octanol–water partition coefficient (Wildman–Crippen LogP) is 2.18. The summed E-state index contributed by atoms with van der Waals surface area (Å²) in [6.45, 7) is 2.18. The summed E-state index contributed by atoms with van der Waals surface area (Å²) in [5, 5.41) is 1.54. The van der Waals surface area contributed by atoms with Crippen molar-refractivity contribution in [1.82, 2.24) is 14.5 Å². The van der Waals surface area contributed by atoms with Crippen LogP contribution in [0.4, 0.5) is 5.82 Å². The van der Waals surface area contributed by atoms with Crippen LogP contribution in [0.1, 0.15) is 19.8 Å². The lowest BCUT2D eigenvalue weighted by Crippen LogP contribution is -2.12. The molecule has 0 aromatic carbocycles. The van der Waals surface area contributed by atoms with Gasteiger partial charge in [-0.05, 0) is 25.8 Å². The average molecular weight is 223 g/mol. The average Bonchev–Trinajstić information content (AvgIpc) is 2.80. The highest BCUT2D eigenvalue weighted by Crippen LogP contribution is 2.47. The molecule has 0 radical (unpaired) electrons. The summed E-state index contributed by atoms with van der Waals surface area (Å²) in [7, 11) is 0. The largest absolute Gasteiger partial charge is 0.383 e. The predicted molar refractivity (Wildman–Crippen MR) is 59.8 cm³/mol. The molecule has 0 spiro atoms. The fourth-order valence-electron chi connectivity index (χ4n) is 1.92. The van der Waals surface area contributed by atoms with Crippen molar-refractivity contribution in [3.05, 3.63) is 17.5 Å². The molecule has 0 aliphatic heterocycles. The van der Waals surface area contributed by atoms with Crippen LogP contribution in [0.15, 0.2) is 12.4 Å². The summed E-state index contributed by atoms with van der Waals surface area (Å²) >= 11 is 6.20. The van der Waals surface area contributed by atoms with E-state index >= 15 is 0 Å². The molecule has 2 aromatic heterocycles. The first-order valence-electron chi connectivity index (χ1n) is 4.90. The van der Waals surface area contributed by atoms with Crippen molar-refractivity contribution < 1.29 is 0 Å². The molecule has 1 saturated carbocycles. The van der Waals surface area contributed by atoms with Crippen LogP contribution < -0.4 is 5.73 Å². The molecular formula is C10H11ClN4. The van der Waals surface area contributed by atoms with Gasteiger partial charge in [-0.1, -0.05) is 11.6 Å². The molecule has 15 heavy (non-hydrogen) atoms. The number of nitrogen functional groups attached to an aromatic ring is 1. The van der Waals surface area contributed by atoms with E-state index in [1.54, 1.807) is 0 Å². The third-order valence-corrected chi connectivity index (χ3v) is 3.37. The molecule has 1 aliphatic carbocycles. The third-order valence-electron chi connectivity index (χ3n) is 3.10. The van der Waals surface area contributed by atoms with E-state index in [0.717, 1.165) is 23.9 Å². The van der Waals surface area contributed by atoms with Crippen molar-refractivity contribution >= 4 is 28.5 Å². The van der Waals surface area contributed by atoms with Crippen molar-refractivity contribution in [3.63, 3.8) is 0 Å². The van der Waals surface area contributed by atoms with E-state index in [1.165, 1.54) is 6.33 Å². The van der Waals surface area contributed by atoms with Crippen LogP contribution >= 0.6 is 11.6 Å². The van der Waals surface area contributed by atoms with E-state index in [4.69, 9.17) is 17.3 Å². The number of hydrogen-bond acceptors (Lipinski definition) is 3. The number of nitrogens with zero attached hydrogens (tertiary/aromatic N) is 3. The van der Waals surface area contributed by atoms with Crippen LogP contribution in [-0.2, 0) is 5.54 Å². The minimum atomic E-state index is 0.125. The molecule has 0 amide bonds. The summed E-state index contributed by atoms with van der Waals surface area (Å²) in [6.07, 6.45) is 3.76. The molecule has 0 unspecified atom stereocenters. The van der Waals surface area contributed by atoms with Crippen molar-refractivity contribution in [1.29, 1.82) is 0 Å². The van der Waals surface area contributed by atoms with Crippen LogP contribution in [0.25, 0.3) is 11.0 Å². The van der Waals surface area contributed by atoms with Crippen molar-refractivity contribution in [2.24, 2.45) is 0 Å². The lowest BCUT2D eigenvalue weighted by atomic mass is 10.3. The van der Waals surface area contributed by atoms with E-state index in [2.05, 4.69) is 21.5 Å². The molecule has 2 heterocycles. The van der Waals surface area contributed by atoms with Gasteiger partial charge in [-0.3, -0.25) is 0 Å². The molecule has 4 nitrogen and oxygen atoms in total. The Morgan fingerprint density at radius 3 is 2.87 bits per heavy atom. The molecule has 1 fully saturated rings. The summed E-state index contributed by atoms with van der Waals surface area (Å²) < 4.78 is 2.06. The summed E-state index contributed by atoms with van der Waals surface area (Å²) in [6, 6.07) is 1.84. The molecule has 1 aliphatic rings. The van der Waals surface area contributed by atoms with Gasteiger partial charge in [0.2, 0.25) is 0 Å². The first kappa shape index (κ1) is 8.97. The Hall–Kier alpha value is -1.29. The van der Waals surface area contributed by atoms with E-state index in [-0.39, 0.29) is 5.54 Å². The Bertz CT molecular complexity index is 542. The first-order valence-corrected chi connectivity index (χ1v) is 5.27. The lowest BCUT2D eigenvalue weighted by molar-refractivity contribution is 0.549. The topological polar surface area (TPSA) is 56.7 Å². The van der Waals surface area contributed by atoms with Crippen LogP contribution in [0.3, 0.4) is 0 Å². The van der Waals surface area contributed by atoms with Crippen molar-refractivity contribution in [2.45, 2.75) is 25.3 Å². The number of aromatic nitrogens is 3. The number of anilines is 1. The quantitative estimate of drug-likeness (QED) is 0.805. The van der Waals surface area contributed by atoms with Crippen LogP contribution in [0.2, 0.25) is 5.15 Å². The Balaban J connectivity index is 2.38. The zero-order valence-corrected chi connectivity index (χ0v) is 9.12. The minimum Gasteiger partial charge on any atom is -0.383 e. The van der Waals surface area contributed by atoms with Gasteiger partial charge in [-0.25, -0.2) is 9.97 Å². The van der Waals surface area contributed by atoms with E-state index in [9.17, 15) is 0 Å². The minimum absolute atomic E-state index is 0.125. The van der Waals surface area contributed by atoms with Crippen LogP contribution in [-0.4, -0.2) is 14.5 Å². The fourth-order valence-corrected chi connectivity index (χ4v) is 2.31.